The summed E-state index contributed by atoms with van der Waals surface area (Å²) in [4.78, 5) is 23.9. The van der Waals surface area contributed by atoms with Crippen molar-refractivity contribution in [1.82, 2.24) is 10.6 Å². The van der Waals surface area contributed by atoms with Crippen molar-refractivity contribution >= 4 is 11.8 Å². The maximum Gasteiger partial charge on any atom is 0.252 e. The predicted molar refractivity (Wildman–Crippen MR) is 69.3 cm³/mol. The van der Waals surface area contributed by atoms with Gasteiger partial charge in [0.2, 0.25) is 5.91 Å². The van der Waals surface area contributed by atoms with E-state index in [1.165, 1.54) is 0 Å². The first kappa shape index (κ1) is 12.6. The smallest absolute Gasteiger partial charge is 0.252 e. The summed E-state index contributed by atoms with van der Waals surface area (Å²) >= 11 is 0. The van der Waals surface area contributed by atoms with Crippen molar-refractivity contribution in [3.05, 3.63) is 35.4 Å². The fourth-order valence-electron chi connectivity index (χ4n) is 2.03. The molecule has 0 bridgehead atoms. The van der Waals surface area contributed by atoms with E-state index in [1.807, 2.05) is 32.0 Å². The molecule has 0 saturated heterocycles. The number of amides is 2. The minimum atomic E-state index is -0.457. The van der Waals surface area contributed by atoms with Gasteiger partial charge in [-0.05, 0) is 25.0 Å². The second-order valence-corrected chi connectivity index (χ2v) is 4.71. The van der Waals surface area contributed by atoms with Crippen LogP contribution in [-0.2, 0) is 11.2 Å². The third-order valence-electron chi connectivity index (χ3n) is 3.31. The summed E-state index contributed by atoms with van der Waals surface area (Å²) < 4.78 is 0. The summed E-state index contributed by atoms with van der Waals surface area (Å²) in [6.07, 6.45) is 1.44. The molecule has 1 heterocycles. The first-order valence-corrected chi connectivity index (χ1v) is 6.31. The maximum atomic E-state index is 12.0. The molecule has 1 aliphatic heterocycles. The number of hydrogen-bond donors (Lipinski definition) is 2. The molecule has 2 amide bonds. The minimum absolute atomic E-state index is 0.104. The molecule has 2 rings (SSSR count). The molecule has 2 N–H and O–H groups in total. The fraction of sp³-hybridized carbons (Fsp3) is 0.429. The lowest BCUT2D eigenvalue weighted by Gasteiger charge is -2.26. The Kier molecular flexibility index (Phi) is 3.65. The Labute approximate surface area is 107 Å². The number of nitrogens with one attached hydrogen (secondary N) is 2. The molecule has 4 heteroatoms. The topological polar surface area (TPSA) is 58.2 Å². The number of carbonyl (C=O) groups is 2. The van der Waals surface area contributed by atoms with Crippen LogP contribution in [0.5, 0.6) is 0 Å². The van der Waals surface area contributed by atoms with Gasteiger partial charge in [0.05, 0.1) is 0 Å². The summed E-state index contributed by atoms with van der Waals surface area (Å²) in [5.74, 6) is -0.270. The fourth-order valence-corrected chi connectivity index (χ4v) is 2.03. The largest absolute Gasteiger partial charge is 0.352 e. The molecular weight excluding hydrogens is 228 g/mol. The first-order valence-electron chi connectivity index (χ1n) is 6.31. The van der Waals surface area contributed by atoms with Gasteiger partial charge in [-0.15, -0.1) is 0 Å². The second kappa shape index (κ2) is 5.21. The van der Waals surface area contributed by atoms with Crippen molar-refractivity contribution < 1.29 is 9.59 Å². The number of hydrogen-bond acceptors (Lipinski definition) is 2. The van der Waals surface area contributed by atoms with Crippen molar-refractivity contribution in [2.75, 3.05) is 0 Å². The SMILES string of the molecule is CCC(C)NC(=O)C1Cc2ccccc2C(=O)N1. The van der Waals surface area contributed by atoms with E-state index in [4.69, 9.17) is 0 Å². The van der Waals surface area contributed by atoms with Crippen LogP contribution < -0.4 is 10.6 Å². The highest BCUT2D eigenvalue weighted by molar-refractivity contribution is 6.00. The van der Waals surface area contributed by atoms with Crippen LogP contribution in [0, 0.1) is 0 Å². The number of fused-ring (bicyclic) bond motifs is 1. The van der Waals surface area contributed by atoms with E-state index in [9.17, 15) is 9.59 Å². The highest BCUT2D eigenvalue weighted by atomic mass is 16.2. The van der Waals surface area contributed by atoms with Gasteiger partial charge in [0.15, 0.2) is 0 Å². The zero-order valence-electron chi connectivity index (χ0n) is 10.7. The Hall–Kier alpha value is -1.84. The van der Waals surface area contributed by atoms with Crippen molar-refractivity contribution in [2.45, 2.75) is 38.8 Å². The summed E-state index contributed by atoms with van der Waals surface area (Å²) in [5, 5.41) is 5.65. The lowest BCUT2D eigenvalue weighted by molar-refractivity contribution is -0.123. The molecule has 0 aliphatic carbocycles. The van der Waals surface area contributed by atoms with Gasteiger partial charge in [-0.1, -0.05) is 25.1 Å². The van der Waals surface area contributed by atoms with Crippen LogP contribution in [0.15, 0.2) is 24.3 Å². The van der Waals surface area contributed by atoms with Crippen LogP contribution in [0.1, 0.15) is 36.2 Å². The second-order valence-electron chi connectivity index (χ2n) is 4.71. The van der Waals surface area contributed by atoms with Crippen LogP contribution in [0.25, 0.3) is 0 Å². The lowest BCUT2D eigenvalue weighted by Crippen LogP contribution is -2.52. The van der Waals surface area contributed by atoms with Gasteiger partial charge in [0, 0.05) is 18.0 Å². The molecule has 96 valence electrons. The van der Waals surface area contributed by atoms with Gasteiger partial charge in [-0.2, -0.15) is 0 Å². The maximum absolute atomic E-state index is 12.0. The molecule has 2 atom stereocenters. The van der Waals surface area contributed by atoms with E-state index in [0.29, 0.717) is 12.0 Å². The zero-order chi connectivity index (χ0) is 13.1. The monoisotopic (exact) mass is 246 g/mol. The Morgan fingerprint density at radius 2 is 2.22 bits per heavy atom. The summed E-state index contributed by atoms with van der Waals surface area (Å²) in [6, 6.07) is 7.08. The van der Waals surface area contributed by atoms with E-state index in [1.54, 1.807) is 6.07 Å². The van der Waals surface area contributed by atoms with Crippen molar-refractivity contribution in [2.24, 2.45) is 0 Å². The molecule has 1 aliphatic rings. The van der Waals surface area contributed by atoms with E-state index in [-0.39, 0.29) is 17.9 Å². The average Bonchev–Trinajstić information content (AvgIpc) is 2.38. The van der Waals surface area contributed by atoms with E-state index in [2.05, 4.69) is 10.6 Å². The van der Waals surface area contributed by atoms with Crippen LogP contribution in [0.4, 0.5) is 0 Å². The molecule has 18 heavy (non-hydrogen) atoms. The third kappa shape index (κ3) is 2.53. The first-order chi connectivity index (χ1) is 8.61. The summed E-state index contributed by atoms with van der Waals surface area (Å²) in [7, 11) is 0. The summed E-state index contributed by atoms with van der Waals surface area (Å²) in [5.41, 5.74) is 1.61. The van der Waals surface area contributed by atoms with E-state index >= 15 is 0 Å². The highest BCUT2D eigenvalue weighted by Gasteiger charge is 2.28. The Morgan fingerprint density at radius 3 is 2.94 bits per heavy atom. The van der Waals surface area contributed by atoms with Crippen LogP contribution in [-0.4, -0.2) is 23.9 Å². The third-order valence-corrected chi connectivity index (χ3v) is 3.31. The number of carbonyl (C=O) groups excluding carboxylic acids is 2. The van der Waals surface area contributed by atoms with Crippen molar-refractivity contribution in [3.63, 3.8) is 0 Å². The van der Waals surface area contributed by atoms with E-state index < -0.39 is 6.04 Å². The Bertz CT molecular complexity index is 471. The van der Waals surface area contributed by atoms with Crippen molar-refractivity contribution in [3.8, 4) is 0 Å². The Morgan fingerprint density at radius 1 is 1.50 bits per heavy atom. The molecule has 2 unspecified atom stereocenters. The average molecular weight is 246 g/mol. The standard InChI is InChI=1S/C14H18N2O2/c1-3-9(2)15-14(18)12-8-10-6-4-5-7-11(10)13(17)16-12/h4-7,9,12H,3,8H2,1-2H3,(H,15,18)(H,16,17). The van der Waals surface area contributed by atoms with Gasteiger partial charge >= 0.3 is 0 Å². The molecule has 0 fully saturated rings. The minimum Gasteiger partial charge on any atom is -0.352 e. The Balaban J connectivity index is 2.11. The molecular formula is C14H18N2O2. The van der Waals surface area contributed by atoms with Gasteiger partial charge in [-0.25, -0.2) is 0 Å². The molecule has 1 aromatic rings. The van der Waals surface area contributed by atoms with Gasteiger partial charge in [-0.3, -0.25) is 9.59 Å². The molecule has 0 saturated carbocycles. The normalized spacial score (nSPS) is 19.7. The molecule has 1 aromatic carbocycles. The zero-order valence-corrected chi connectivity index (χ0v) is 10.7. The van der Waals surface area contributed by atoms with Gasteiger partial charge < -0.3 is 10.6 Å². The highest BCUT2D eigenvalue weighted by Crippen LogP contribution is 2.16. The quantitative estimate of drug-likeness (QED) is 0.843. The molecule has 0 aromatic heterocycles. The molecule has 0 spiro atoms. The number of benzene rings is 1. The predicted octanol–water partition coefficient (Wildman–Crippen LogP) is 1.26. The summed E-state index contributed by atoms with van der Waals surface area (Å²) in [6.45, 7) is 3.97. The van der Waals surface area contributed by atoms with Crippen LogP contribution in [0.3, 0.4) is 0 Å². The lowest BCUT2D eigenvalue weighted by atomic mass is 9.95. The van der Waals surface area contributed by atoms with E-state index in [0.717, 1.165) is 12.0 Å². The van der Waals surface area contributed by atoms with Crippen LogP contribution in [0.2, 0.25) is 0 Å². The van der Waals surface area contributed by atoms with Crippen LogP contribution >= 0.6 is 0 Å². The number of rotatable bonds is 3. The van der Waals surface area contributed by atoms with Gasteiger partial charge in [0.25, 0.3) is 5.91 Å². The molecule has 4 nitrogen and oxygen atoms in total. The van der Waals surface area contributed by atoms with Crippen molar-refractivity contribution in [1.29, 1.82) is 0 Å². The molecule has 0 radical (unpaired) electrons. The van der Waals surface area contributed by atoms with Gasteiger partial charge in [0.1, 0.15) is 6.04 Å².